The van der Waals surface area contributed by atoms with Gasteiger partial charge in [-0.25, -0.2) is 4.57 Å². The summed E-state index contributed by atoms with van der Waals surface area (Å²) in [7, 11) is 1.32. The molecule has 10 heteroatoms. The number of hydrogen-bond donors (Lipinski definition) is 4. The molecule has 1 amide bonds. The van der Waals surface area contributed by atoms with Gasteiger partial charge in [-0.15, -0.1) is 0 Å². The molecule has 0 fully saturated rings. The van der Waals surface area contributed by atoms with Gasteiger partial charge in [-0.3, -0.25) is 13.8 Å². The van der Waals surface area contributed by atoms with Crippen molar-refractivity contribution in [2.45, 2.75) is 116 Å². The van der Waals surface area contributed by atoms with Gasteiger partial charge in [0.2, 0.25) is 5.91 Å². The molecule has 51 heavy (non-hydrogen) atoms. The lowest BCUT2D eigenvalue weighted by molar-refractivity contribution is -0.870. The molecule has 290 valence electrons. The number of amides is 1. The summed E-state index contributed by atoms with van der Waals surface area (Å²) in [6, 6.07) is -1.12. The molecule has 0 saturated heterocycles. The lowest BCUT2D eigenvalue weighted by atomic mass is 10.0. The van der Waals surface area contributed by atoms with Crippen molar-refractivity contribution in [2.24, 2.45) is 0 Å². The van der Waals surface area contributed by atoms with Gasteiger partial charge in [0, 0.05) is 6.42 Å². The predicted octanol–water partition coefficient (Wildman–Crippen LogP) is 8.59. The molecule has 0 saturated carbocycles. The van der Waals surface area contributed by atoms with E-state index in [9.17, 15) is 24.5 Å². The van der Waals surface area contributed by atoms with Crippen molar-refractivity contribution in [3.63, 3.8) is 0 Å². The summed E-state index contributed by atoms with van der Waals surface area (Å²) in [6.45, 7) is 4.11. The molecule has 0 spiro atoms. The number of carbonyl (C=O) groups is 1. The van der Waals surface area contributed by atoms with E-state index in [0.29, 0.717) is 23.9 Å². The van der Waals surface area contributed by atoms with E-state index in [1.807, 2.05) is 40.2 Å². The van der Waals surface area contributed by atoms with Crippen molar-refractivity contribution in [3.05, 3.63) is 97.2 Å². The van der Waals surface area contributed by atoms with Crippen molar-refractivity contribution in [1.82, 2.24) is 5.32 Å². The van der Waals surface area contributed by atoms with E-state index >= 15 is 0 Å². The second kappa shape index (κ2) is 32.1. The molecule has 0 aliphatic heterocycles. The summed E-state index contributed by atoms with van der Waals surface area (Å²) in [4.78, 5) is 23.0. The van der Waals surface area contributed by atoms with Crippen LogP contribution in [0.25, 0.3) is 0 Å². The van der Waals surface area contributed by atoms with Crippen molar-refractivity contribution < 1.29 is 38.0 Å². The Bertz CT molecular complexity index is 1170. The van der Waals surface area contributed by atoms with E-state index in [0.717, 1.165) is 57.8 Å². The van der Waals surface area contributed by atoms with Gasteiger partial charge in [0.05, 0.1) is 39.9 Å². The molecule has 0 radical (unpaired) electrons. The van der Waals surface area contributed by atoms with Crippen molar-refractivity contribution in [2.75, 3.05) is 40.9 Å². The summed E-state index contributed by atoms with van der Waals surface area (Å²) >= 11 is 0. The van der Waals surface area contributed by atoms with Crippen molar-refractivity contribution in [3.8, 4) is 0 Å². The first-order valence-corrected chi connectivity index (χ1v) is 20.1. The smallest absolute Gasteiger partial charge is 0.390 e. The van der Waals surface area contributed by atoms with Gasteiger partial charge in [-0.2, -0.15) is 0 Å². The van der Waals surface area contributed by atoms with Crippen LogP contribution in [0.5, 0.6) is 0 Å². The van der Waals surface area contributed by atoms with Crippen LogP contribution in [0.1, 0.15) is 97.3 Å². The van der Waals surface area contributed by atoms with Gasteiger partial charge in [0.1, 0.15) is 19.3 Å². The molecule has 9 nitrogen and oxygen atoms in total. The zero-order valence-corrected chi connectivity index (χ0v) is 33.0. The number of likely N-dealkylation sites (N-methyl/N-ethyl adjacent to an activating group) is 1. The van der Waals surface area contributed by atoms with Crippen LogP contribution in [0.15, 0.2) is 97.2 Å². The molecule has 0 aliphatic rings. The molecule has 4 N–H and O–H groups in total. The molecule has 0 aromatic rings. The Labute approximate surface area is 310 Å². The van der Waals surface area contributed by atoms with E-state index in [2.05, 4.69) is 91.2 Å². The summed E-state index contributed by atoms with van der Waals surface area (Å²) < 4.78 is 23.3. The Hall–Kier alpha value is -2.62. The van der Waals surface area contributed by atoms with Crippen LogP contribution >= 0.6 is 7.82 Å². The second-order valence-electron chi connectivity index (χ2n) is 13.4. The molecular formula is C41H70N2O7P+. The molecule has 0 rings (SSSR count). The van der Waals surface area contributed by atoms with E-state index in [1.165, 1.54) is 0 Å². The van der Waals surface area contributed by atoms with Gasteiger partial charge in [-0.05, 0) is 84.0 Å². The number of quaternary nitrogens is 1. The fourth-order valence-electron chi connectivity index (χ4n) is 4.48. The van der Waals surface area contributed by atoms with Crippen molar-refractivity contribution in [1.29, 1.82) is 0 Å². The van der Waals surface area contributed by atoms with Crippen LogP contribution < -0.4 is 5.32 Å². The second-order valence-corrected chi connectivity index (χ2v) is 14.8. The van der Waals surface area contributed by atoms with Crippen LogP contribution in [0, 0.1) is 0 Å². The zero-order valence-electron chi connectivity index (χ0n) is 32.2. The lowest BCUT2D eigenvalue weighted by Crippen LogP contribution is -2.51. The maximum Gasteiger partial charge on any atom is 0.472 e. The third kappa shape index (κ3) is 33.0. The van der Waals surface area contributed by atoms with Crippen LogP contribution in [0.3, 0.4) is 0 Å². The minimum atomic E-state index is -4.45. The van der Waals surface area contributed by atoms with Crippen molar-refractivity contribution >= 4 is 13.7 Å². The number of phosphoric ester groups is 1. The van der Waals surface area contributed by atoms with E-state index in [1.54, 1.807) is 6.08 Å². The van der Waals surface area contributed by atoms with E-state index in [4.69, 9.17) is 9.05 Å². The maximum absolute atomic E-state index is 12.8. The number of carbonyl (C=O) groups excluding carboxylic acids is 1. The largest absolute Gasteiger partial charge is 0.472 e. The molecule has 0 aromatic heterocycles. The number of allylic oxidation sites excluding steroid dienone is 15. The fourth-order valence-corrected chi connectivity index (χ4v) is 5.22. The Morgan fingerprint density at radius 2 is 1.22 bits per heavy atom. The van der Waals surface area contributed by atoms with Gasteiger partial charge in [0.25, 0.3) is 0 Å². The number of hydrogen-bond acceptors (Lipinski definition) is 6. The van der Waals surface area contributed by atoms with E-state index < -0.39 is 38.6 Å². The van der Waals surface area contributed by atoms with Gasteiger partial charge in [0.15, 0.2) is 0 Å². The zero-order chi connectivity index (χ0) is 38.1. The summed E-state index contributed by atoms with van der Waals surface area (Å²) in [6.07, 6.45) is 40.9. The highest BCUT2D eigenvalue weighted by molar-refractivity contribution is 7.47. The Morgan fingerprint density at radius 1 is 0.725 bits per heavy atom. The number of rotatable bonds is 31. The topological polar surface area (TPSA) is 125 Å². The number of aliphatic hydroxyl groups is 2. The maximum atomic E-state index is 12.8. The quantitative estimate of drug-likeness (QED) is 0.0244. The Morgan fingerprint density at radius 3 is 1.73 bits per heavy atom. The molecule has 4 unspecified atom stereocenters. The minimum Gasteiger partial charge on any atom is -0.390 e. The summed E-state index contributed by atoms with van der Waals surface area (Å²) in [5, 5.41) is 24.4. The monoisotopic (exact) mass is 733 g/mol. The number of nitrogens with one attached hydrogen (secondary N) is 1. The Balaban J connectivity index is 4.89. The molecule has 0 aromatic carbocycles. The predicted molar refractivity (Wildman–Crippen MR) is 213 cm³/mol. The van der Waals surface area contributed by atoms with Gasteiger partial charge >= 0.3 is 7.82 Å². The first kappa shape index (κ1) is 48.4. The number of aliphatic hydroxyl groups excluding tert-OH is 2. The average molecular weight is 734 g/mol. The third-order valence-corrected chi connectivity index (χ3v) is 8.47. The first-order chi connectivity index (χ1) is 24.4. The number of phosphoric acid groups is 1. The van der Waals surface area contributed by atoms with E-state index in [-0.39, 0.29) is 19.4 Å². The van der Waals surface area contributed by atoms with Crippen LogP contribution in [0.2, 0.25) is 0 Å². The molecule has 4 atom stereocenters. The first-order valence-electron chi connectivity index (χ1n) is 18.7. The normalized spacial score (nSPS) is 16.3. The fraction of sp³-hybridized carbons (Fsp3) is 0.585. The van der Waals surface area contributed by atoms with Crippen LogP contribution in [-0.4, -0.2) is 84.6 Å². The summed E-state index contributed by atoms with van der Waals surface area (Å²) in [5.74, 6) is -0.409. The van der Waals surface area contributed by atoms with Crippen LogP contribution in [-0.2, 0) is 18.4 Å². The highest BCUT2D eigenvalue weighted by Crippen LogP contribution is 2.43. The average Bonchev–Trinajstić information content (AvgIpc) is 3.07. The standard InChI is InChI=1S/C41H69N2O7P/c1-6-8-10-12-14-16-18-20-21-22-24-26-28-30-32-34-40(45)42-38(37-50-51(47,48)49-36-35-43(3,4)5)41(46)39(44)33-31-29-27-25-23-19-17-15-13-11-9-7-2/h7-10,14-17,20-21,24-27,30,32,38-39,41,44,46H,6,11-13,18-19,22-23,28-29,31,33-37H2,1-5H3,(H-,42,45,47,48)/p+1/b9-7+,10-8-,16-14-,17-15+,21-20-,26-24-,27-25+,32-30-. The SMILES string of the molecule is C/C=C/CC/C=C/CC/C=C/CCCC(O)C(O)C(COP(=O)(O)OCC[N+](C)(C)C)NC(=O)C/C=C\C/C=C\C/C=C\C/C=C\C/C=C\CC. The minimum absolute atomic E-state index is 0.0100. The van der Waals surface area contributed by atoms with Crippen LogP contribution in [0.4, 0.5) is 0 Å². The molecule has 0 aliphatic carbocycles. The number of unbranched alkanes of at least 4 members (excludes halogenated alkanes) is 3. The molecule has 0 bridgehead atoms. The van der Waals surface area contributed by atoms with Gasteiger partial charge in [-0.1, -0.05) is 104 Å². The third-order valence-electron chi connectivity index (χ3n) is 7.49. The highest BCUT2D eigenvalue weighted by atomic mass is 31.2. The molecule has 0 heterocycles. The molecular weight excluding hydrogens is 663 g/mol. The number of nitrogens with zero attached hydrogens (tertiary/aromatic N) is 1. The summed E-state index contributed by atoms with van der Waals surface area (Å²) in [5.41, 5.74) is 0. The lowest BCUT2D eigenvalue weighted by Gasteiger charge is -2.28. The Kier molecular flexibility index (Phi) is 30.4. The highest BCUT2D eigenvalue weighted by Gasteiger charge is 2.31. The van der Waals surface area contributed by atoms with Gasteiger partial charge < -0.3 is 24.9 Å².